The van der Waals surface area contributed by atoms with Crippen molar-refractivity contribution in [3.05, 3.63) is 64.1 Å². The lowest BCUT2D eigenvalue weighted by Gasteiger charge is -2.22. The summed E-state index contributed by atoms with van der Waals surface area (Å²) in [7, 11) is 1.61. The van der Waals surface area contributed by atoms with Crippen molar-refractivity contribution < 1.29 is 19.1 Å². The molecule has 2 heterocycles. The molecule has 0 bridgehead atoms. The van der Waals surface area contributed by atoms with Crippen molar-refractivity contribution in [2.24, 2.45) is 5.92 Å². The number of rotatable bonds is 9. The molecule has 0 saturated carbocycles. The van der Waals surface area contributed by atoms with Crippen molar-refractivity contribution in [1.82, 2.24) is 15.3 Å². The van der Waals surface area contributed by atoms with Crippen LogP contribution in [0.1, 0.15) is 53.1 Å². The number of anilines is 1. The third-order valence-corrected chi connectivity index (χ3v) is 7.45. The lowest BCUT2D eigenvalue weighted by atomic mass is 9.88. The fourth-order valence-electron chi connectivity index (χ4n) is 4.27. The number of aromatic nitrogens is 2. The van der Waals surface area contributed by atoms with Crippen LogP contribution >= 0.6 is 11.3 Å². The van der Waals surface area contributed by atoms with E-state index in [1.807, 2.05) is 31.2 Å². The Morgan fingerprint density at radius 1 is 1.39 bits per heavy atom. The van der Waals surface area contributed by atoms with Crippen LogP contribution in [-0.2, 0) is 28.8 Å². The minimum Gasteiger partial charge on any atom is -0.497 e. The number of nitriles is 1. The zero-order chi connectivity index (χ0) is 25.5. The van der Waals surface area contributed by atoms with Crippen LogP contribution in [0.5, 0.6) is 5.75 Å². The summed E-state index contributed by atoms with van der Waals surface area (Å²) in [6.45, 7) is 2.15. The molecule has 0 saturated heterocycles. The van der Waals surface area contributed by atoms with Gasteiger partial charge in [-0.05, 0) is 61.8 Å². The van der Waals surface area contributed by atoms with Gasteiger partial charge in [-0.3, -0.25) is 4.79 Å². The summed E-state index contributed by atoms with van der Waals surface area (Å²) in [4.78, 5) is 32.8. The average molecular weight is 508 g/mol. The van der Waals surface area contributed by atoms with Crippen LogP contribution < -0.4 is 15.4 Å². The van der Waals surface area contributed by atoms with Crippen LogP contribution in [-0.4, -0.2) is 35.7 Å². The Labute approximate surface area is 213 Å². The Hall–Kier alpha value is -3.84. The molecular formula is C26H29N5O4S. The molecule has 1 aromatic carbocycles. The van der Waals surface area contributed by atoms with Crippen LogP contribution in [0.2, 0.25) is 0 Å². The molecule has 2 unspecified atom stereocenters. The van der Waals surface area contributed by atoms with E-state index in [0.29, 0.717) is 42.9 Å². The fourth-order valence-corrected chi connectivity index (χ4v) is 5.60. The van der Waals surface area contributed by atoms with Gasteiger partial charge in [-0.2, -0.15) is 5.26 Å². The molecule has 0 fully saturated rings. The smallest absolute Gasteiger partial charge is 0.407 e. The number of amides is 2. The van der Waals surface area contributed by atoms with Crippen molar-refractivity contribution in [1.29, 1.82) is 5.26 Å². The number of benzene rings is 1. The van der Waals surface area contributed by atoms with Crippen molar-refractivity contribution in [3.63, 3.8) is 0 Å². The van der Waals surface area contributed by atoms with Gasteiger partial charge in [0.15, 0.2) is 0 Å². The maximum Gasteiger partial charge on any atom is 0.407 e. The molecule has 3 aromatic rings. The second-order valence-corrected chi connectivity index (χ2v) is 9.90. The highest BCUT2D eigenvalue weighted by atomic mass is 32.1. The molecule has 188 valence electrons. The van der Waals surface area contributed by atoms with E-state index >= 15 is 0 Å². The highest BCUT2D eigenvalue weighted by molar-refractivity contribution is 7.16. The number of H-pyrrole nitrogens is 1. The average Bonchev–Trinajstić information content (AvgIpc) is 3.54. The number of alkyl carbamates (subject to hydrolysis) is 1. The SMILES string of the molecule is COc1cccc(CCC(=O)Nc2sc3c(c2C#N)CCC(COC(=O)NC(C)c2cnc[nH]2)C3)c1. The number of methoxy groups -OCH3 is 1. The first kappa shape index (κ1) is 25.3. The van der Waals surface area contributed by atoms with Crippen LogP contribution in [0.4, 0.5) is 9.80 Å². The molecule has 36 heavy (non-hydrogen) atoms. The predicted octanol–water partition coefficient (Wildman–Crippen LogP) is 4.52. The number of ether oxygens (including phenoxy) is 2. The van der Waals surface area contributed by atoms with E-state index in [9.17, 15) is 14.9 Å². The van der Waals surface area contributed by atoms with E-state index in [-0.39, 0.29) is 17.9 Å². The van der Waals surface area contributed by atoms with Gasteiger partial charge in [0, 0.05) is 11.3 Å². The summed E-state index contributed by atoms with van der Waals surface area (Å²) in [5.41, 5.74) is 3.37. The molecule has 0 spiro atoms. The molecule has 2 atom stereocenters. The second kappa shape index (κ2) is 11.7. The number of nitrogens with zero attached hydrogens (tertiary/aromatic N) is 2. The zero-order valence-corrected chi connectivity index (χ0v) is 21.1. The van der Waals surface area contributed by atoms with E-state index in [2.05, 4.69) is 26.7 Å². The van der Waals surface area contributed by atoms with Crippen molar-refractivity contribution in [3.8, 4) is 11.8 Å². The van der Waals surface area contributed by atoms with Crippen molar-refractivity contribution in [2.75, 3.05) is 19.0 Å². The van der Waals surface area contributed by atoms with Crippen LogP contribution in [0.3, 0.4) is 0 Å². The number of nitrogens with one attached hydrogen (secondary N) is 3. The van der Waals surface area contributed by atoms with Crippen molar-refractivity contribution >= 4 is 28.3 Å². The van der Waals surface area contributed by atoms with E-state index in [1.165, 1.54) is 11.3 Å². The largest absolute Gasteiger partial charge is 0.497 e. The third kappa shape index (κ3) is 6.23. The van der Waals surface area contributed by atoms with Crippen LogP contribution in [0.15, 0.2) is 36.8 Å². The number of carbonyl (C=O) groups excluding carboxylic acids is 2. The van der Waals surface area contributed by atoms with Gasteiger partial charge in [0.05, 0.1) is 43.5 Å². The van der Waals surface area contributed by atoms with Gasteiger partial charge in [-0.25, -0.2) is 9.78 Å². The molecular weight excluding hydrogens is 478 g/mol. The molecule has 2 aromatic heterocycles. The highest BCUT2D eigenvalue weighted by Crippen LogP contribution is 2.39. The zero-order valence-electron chi connectivity index (χ0n) is 20.3. The first-order chi connectivity index (χ1) is 17.5. The normalized spacial score (nSPS) is 15.3. The summed E-state index contributed by atoms with van der Waals surface area (Å²) in [6.07, 6.45) is 5.87. The quantitative estimate of drug-likeness (QED) is 0.391. The molecule has 1 aliphatic carbocycles. The molecule has 10 heteroatoms. The topological polar surface area (TPSA) is 129 Å². The number of fused-ring (bicyclic) bond motifs is 1. The van der Waals surface area contributed by atoms with Gasteiger partial charge in [-0.15, -0.1) is 11.3 Å². The van der Waals surface area contributed by atoms with Gasteiger partial charge in [0.1, 0.15) is 16.8 Å². The number of hydrogen-bond donors (Lipinski definition) is 3. The van der Waals surface area contributed by atoms with E-state index in [0.717, 1.165) is 33.9 Å². The van der Waals surface area contributed by atoms with Gasteiger partial charge < -0.3 is 25.1 Å². The minimum atomic E-state index is -0.476. The Kier molecular flexibility index (Phi) is 8.23. The predicted molar refractivity (Wildman–Crippen MR) is 136 cm³/mol. The second-order valence-electron chi connectivity index (χ2n) is 8.80. The molecule has 9 nitrogen and oxygen atoms in total. The standard InChI is InChI=1S/C26H29N5O4S/c1-16(22-13-28-15-29-22)30-26(33)35-14-18-6-8-20-21(12-27)25(36-23(20)11-18)31-24(32)9-7-17-4-3-5-19(10-17)34-2/h3-5,10,13,15-16,18H,6-9,11,14H2,1-2H3,(H,28,29)(H,30,33)(H,31,32). The molecule has 4 rings (SSSR count). The summed E-state index contributed by atoms with van der Waals surface area (Å²) in [5, 5.41) is 16.1. The Balaban J connectivity index is 1.30. The first-order valence-corrected chi connectivity index (χ1v) is 12.7. The summed E-state index contributed by atoms with van der Waals surface area (Å²) < 4.78 is 10.7. The van der Waals surface area contributed by atoms with Gasteiger partial charge >= 0.3 is 6.09 Å². The maximum absolute atomic E-state index is 12.6. The summed E-state index contributed by atoms with van der Waals surface area (Å²) in [5.74, 6) is 0.789. The first-order valence-electron chi connectivity index (χ1n) is 11.9. The number of imidazole rings is 1. The fraction of sp³-hybridized carbons (Fsp3) is 0.385. The summed E-state index contributed by atoms with van der Waals surface area (Å²) >= 11 is 1.45. The number of aryl methyl sites for hydroxylation is 1. The van der Waals surface area contributed by atoms with Crippen molar-refractivity contribution in [2.45, 2.75) is 45.1 Å². The molecule has 3 N–H and O–H groups in total. The maximum atomic E-state index is 12.6. The third-order valence-electron chi connectivity index (χ3n) is 6.28. The molecule has 0 aliphatic heterocycles. The number of hydrogen-bond acceptors (Lipinski definition) is 7. The monoisotopic (exact) mass is 507 g/mol. The summed E-state index contributed by atoms with van der Waals surface area (Å²) in [6, 6.07) is 9.68. The van der Waals surface area contributed by atoms with Gasteiger partial charge in [-0.1, -0.05) is 12.1 Å². The van der Waals surface area contributed by atoms with E-state index in [4.69, 9.17) is 9.47 Å². The lowest BCUT2D eigenvalue weighted by molar-refractivity contribution is -0.116. The Morgan fingerprint density at radius 3 is 3.00 bits per heavy atom. The van der Waals surface area contributed by atoms with E-state index < -0.39 is 6.09 Å². The molecule has 0 radical (unpaired) electrons. The molecule has 1 aliphatic rings. The number of thiophene rings is 1. The van der Waals surface area contributed by atoms with E-state index in [1.54, 1.807) is 19.6 Å². The Morgan fingerprint density at radius 2 is 2.25 bits per heavy atom. The van der Waals surface area contributed by atoms with Gasteiger partial charge in [0.2, 0.25) is 5.91 Å². The lowest BCUT2D eigenvalue weighted by Crippen LogP contribution is -2.30. The van der Waals surface area contributed by atoms with Gasteiger partial charge in [0.25, 0.3) is 0 Å². The Bertz CT molecular complexity index is 1250. The number of carbonyl (C=O) groups is 2. The van der Waals surface area contributed by atoms with Crippen LogP contribution in [0, 0.1) is 17.2 Å². The van der Waals surface area contributed by atoms with Crippen LogP contribution in [0.25, 0.3) is 0 Å². The number of aromatic amines is 1. The molecule has 2 amide bonds. The minimum absolute atomic E-state index is 0.129. The highest BCUT2D eigenvalue weighted by Gasteiger charge is 2.27.